The van der Waals surface area contributed by atoms with Gasteiger partial charge in [-0.3, -0.25) is 0 Å². The molecule has 2 heterocycles. The van der Waals surface area contributed by atoms with Gasteiger partial charge >= 0.3 is 0 Å². The summed E-state index contributed by atoms with van der Waals surface area (Å²) >= 11 is 1.42. The molecule has 1 unspecified atom stereocenters. The minimum absolute atomic E-state index is 0.0845. The minimum Gasteiger partial charge on any atom is -0.370 e. The molecule has 1 aliphatic rings. The van der Waals surface area contributed by atoms with Crippen molar-refractivity contribution in [1.82, 2.24) is 5.32 Å². The highest BCUT2D eigenvalue weighted by Gasteiger charge is 2.19. The molecular weight excluding hydrogens is 177 g/mol. The molecule has 1 N–H and O–H groups in total. The van der Waals surface area contributed by atoms with E-state index in [0.717, 1.165) is 13.1 Å². The Morgan fingerprint density at radius 1 is 1.67 bits per heavy atom. The number of ether oxygens (including phenoxy) is 1. The molecule has 0 aromatic carbocycles. The van der Waals surface area contributed by atoms with Crippen molar-refractivity contribution in [2.75, 3.05) is 19.7 Å². The van der Waals surface area contributed by atoms with Gasteiger partial charge in [0.1, 0.15) is 11.9 Å². The third-order valence-electron chi connectivity index (χ3n) is 1.86. The quantitative estimate of drug-likeness (QED) is 0.720. The van der Waals surface area contributed by atoms with Crippen molar-refractivity contribution in [3.63, 3.8) is 0 Å². The molecule has 0 amide bonds. The predicted molar refractivity (Wildman–Crippen MR) is 45.8 cm³/mol. The second-order valence-electron chi connectivity index (χ2n) is 2.70. The van der Waals surface area contributed by atoms with Gasteiger partial charge in [-0.25, -0.2) is 4.39 Å². The van der Waals surface area contributed by atoms with E-state index in [0.29, 0.717) is 11.5 Å². The molecule has 1 fully saturated rings. The Balaban J connectivity index is 2.13. The molecule has 0 spiro atoms. The molecule has 1 aromatic rings. The number of hydrogen-bond donors (Lipinski definition) is 1. The Bertz CT molecular complexity index is 257. The number of morpholine rings is 1. The number of thiophene rings is 1. The molecular formula is C8H10FNOS. The maximum absolute atomic E-state index is 13.0. The number of halogens is 1. The van der Waals surface area contributed by atoms with Gasteiger partial charge in [0.05, 0.1) is 11.5 Å². The van der Waals surface area contributed by atoms with Crippen LogP contribution >= 0.6 is 11.3 Å². The topological polar surface area (TPSA) is 21.3 Å². The molecule has 1 aliphatic heterocycles. The number of hydrogen-bond acceptors (Lipinski definition) is 3. The van der Waals surface area contributed by atoms with E-state index in [2.05, 4.69) is 5.32 Å². The normalized spacial score (nSPS) is 24.2. The van der Waals surface area contributed by atoms with Crippen molar-refractivity contribution >= 4 is 11.3 Å². The summed E-state index contributed by atoms with van der Waals surface area (Å²) in [7, 11) is 0. The van der Waals surface area contributed by atoms with E-state index >= 15 is 0 Å². The van der Waals surface area contributed by atoms with Crippen LogP contribution in [0.4, 0.5) is 4.39 Å². The summed E-state index contributed by atoms with van der Waals surface area (Å²) in [6, 6.07) is 1.48. The minimum atomic E-state index is -0.145. The van der Waals surface area contributed by atoms with Crippen LogP contribution in [0.25, 0.3) is 0 Å². The molecule has 4 heteroatoms. The van der Waals surface area contributed by atoms with E-state index in [-0.39, 0.29) is 11.9 Å². The molecule has 12 heavy (non-hydrogen) atoms. The third-order valence-corrected chi connectivity index (χ3v) is 2.85. The van der Waals surface area contributed by atoms with Gasteiger partial charge in [0.2, 0.25) is 0 Å². The molecule has 0 radical (unpaired) electrons. The molecule has 66 valence electrons. The summed E-state index contributed by atoms with van der Waals surface area (Å²) in [5, 5.41) is 4.92. The lowest BCUT2D eigenvalue weighted by atomic mass is 10.2. The molecule has 1 aromatic heterocycles. The first-order chi connectivity index (χ1) is 5.88. The summed E-state index contributed by atoms with van der Waals surface area (Å²) in [6.07, 6.45) is -0.0845. The summed E-state index contributed by atoms with van der Waals surface area (Å²) in [4.78, 5) is 0.710. The van der Waals surface area contributed by atoms with Gasteiger partial charge in [-0.1, -0.05) is 0 Å². The molecule has 2 nitrogen and oxygen atoms in total. The summed E-state index contributed by atoms with van der Waals surface area (Å²) < 4.78 is 18.4. The molecule has 1 atom stereocenters. The van der Waals surface area contributed by atoms with Crippen LogP contribution in [0.15, 0.2) is 11.4 Å². The molecule has 1 saturated heterocycles. The third kappa shape index (κ3) is 1.50. The molecule has 0 saturated carbocycles. The van der Waals surface area contributed by atoms with Gasteiger partial charge in [-0.15, -0.1) is 11.3 Å². The zero-order valence-corrected chi connectivity index (χ0v) is 7.36. The average molecular weight is 187 g/mol. The van der Waals surface area contributed by atoms with Crippen molar-refractivity contribution in [2.45, 2.75) is 6.10 Å². The lowest BCUT2D eigenvalue weighted by Gasteiger charge is -2.22. The van der Waals surface area contributed by atoms with Crippen molar-refractivity contribution in [2.24, 2.45) is 0 Å². The standard InChI is InChI=1S/C8H10FNOS/c9-6-1-4-12-8(6)7-5-10-2-3-11-7/h1,4,7,10H,2-3,5H2. The van der Waals surface area contributed by atoms with E-state index in [4.69, 9.17) is 4.74 Å². The molecule has 0 aliphatic carbocycles. The highest BCUT2D eigenvalue weighted by Crippen LogP contribution is 2.26. The van der Waals surface area contributed by atoms with Gasteiger partial charge in [0, 0.05) is 13.1 Å². The first-order valence-corrected chi connectivity index (χ1v) is 4.81. The van der Waals surface area contributed by atoms with Crippen molar-refractivity contribution in [3.05, 3.63) is 22.1 Å². The zero-order chi connectivity index (χ0) is 8.39. The van der Waals surface area contributed by atoms with Crippen LogP contribution in [0.1, 0.15) is 11.0 Å². The Kier molecular flexibility index (Phi) is 2.39. The van der Waals surface area contributed by atoms with E-state index in [1.165, 1.54) is 17.4 Å². The zero-order valence-electron chi connectivity index (χ0n) is 6.55. The van der Waals surface area contributed by atoms with E-state index < -0.39 is 0 Å². The largest absolute Gasteiger partial charge is 0.370 e. The second kappa shape index (κ2) is 3.51. The molecule has 2 rings (SSSR count). The Labute approximate surface area is 74.4 Å². The smallest absolute Gasteiger partial charge is 0.139 e. The van der Waals surface area contributed by atoms with Crippen LogP contribution < -0.4 is 5.32 Å². The predicted octanol–water partition coefficient (Wildman–Crippen LogP) is 1.55. The first-order valence-electron chi connectivity index (χ1n) is 3.93. The Morgan fingerprint density at radius 2 is 2.58 bits per heavy atom. The fourth-order valence-corrected chi connectivity index (χ4v) is 2.09. The van der Waals surface area contributed by atoms with E-state index in [9.17, 15) is 4.39 Å². The SMILES string of the molecule is Fc1ccsc1C1CNCCO1. The number of nitrogens with one attached hydrogen (secondary N) is 1. The number of rotatable bonds is 1. The lowest BCUT2D eigenvalue weighted by Crippen LogP contribution is -2.33. The monoisotopic (exact) mass is 187 g/mol. The highest BCUT2D eigenvalue weighted by atomic mass is 32.1. The Hall–Kier alpha value is -0.450. The first kappa shape index (κ1) is 8.16. The van der Waals surface area contributed by atoms with Crippen LogP contribution in [-0.2, 0) is 4.74 Å². The van der Waals surface area contributed by atoms with Crippen LogP contribution in [0.2, 0.25) is 0 Å². The van der Waals surface area contributed by atoms with Gasteiger partial charge in [0.15, 0.2) is 0 Å². The van der Waals surface area contributed by atoms with Crippen molar-refractivity contribution in [1.29, 1.82) is 0 Å². The maximum atomic E-state index is 13.0. The summed E-state index contributed by atoms with van der Waals surface area (Å²) in [5.41, 5.74) is 0. The lowest BCUT2D eigenvalue weighted by molar-refractivity contribution is 0.0280. The van der Waals surface area contributed by atoms with Gasteiger partial charge < -0.3 is 10.1 Å². The van der Waals surface area contributed by atoms with Gasteiger partial charge in [-0.05, 0) is 11.4 Å². The van der Waals surface area contributed by atoms with Crippen LogP contribution in [0.3, 0.4) is 0 Å². The van der Waals surface area contributed by atoms with Crippen molar-refractivity contribution < 1.29 is 9.13 Å². The highest BCUT2D eigenvalue weighted by molar-refractivity contribution is 7.10. The van der Waals surface area contributed by atoms with Crippen LogP contribution in [0, 0.1) is 5.82 Å². The fourth-order valence-electron chi connectivity index (χ4n) is 1.27. The van der Waals surface area contributed by atoms with Gasteiger partial charge in [0.25, 0.3) is 0 Å². The van der Waals surface area contributed by atoms with E-state index in [1.807, 2.05) is 0 Å². The van der Waals surface area contributed by atoms with Crippen molar-refractivity contribution in [3.8, 4) is 0 Å². The Morgan fingerprint density at radius 3 is 3.17 bits per heavy atom. The fraction of sp³-hybridized carbons (Fsp3) is 0.500. The maximum Gasteiger partial charge on any atom is 0.139 e. The van der Waals surface area contributed by atoms with E-state index in [1.54, 1.807) is 5.38 Å². The van der Waals surface area contributed by atoms with Gasteiger partial charge in [-0.2, -0.15) is 0 Å². The summed E-state index contributed by atoms with van der Waals surface area (Å²) in [5.74, 6) is -0.145. The van der Waals surface area contributed by atoms with Crippen LogP contribution in [-0.4, -0.2) is 19.7 Å². The average Bonchev–Trinajstić information content (AvgIpc) is 2.53. The molecule has 0 bridgehead atoms. The summed E-state index contributed by atoms with van der Waals surface area (Å²) in [6.45, 7) is 2.25. The van der Waals surface area contributed by atoms with Crippen LogP contribution in [0.5, 0.6) is 0 Å². The second-order valence-corrected chi connectivity index (χ2v) is 3.64.